The monoisotopic (exact) mass is 355 g/mol. The summed E-state index contributed by atoms with van der Waals surface area (Å²) in [5, 5.41) is 6.18. The molecule has 2 aromatic rings. The predicted octanol–water partition coefficient (Wildman–Crippen LogP) is 2.08. The number of benzene rings is 1. The summed E-state index contributed by atoms with van der Waals surface area (Å²) in [4.78, 5) is 17.0. The lowest BCUT2D eigenvalue weighted by Crippen LogP contribution is -2.24. The molecule has 1 aromatic carbocycles. The second-order valence-electron chi connectivity index (χ2n) is 6.29. The second kappa shape index (κ2) is 7.21. The Morgan fingerprint density at radius 3 is 3.00 bits per heavy atom. The Labute approximate surface area is 151 Å². The molecule has 4 rings (SSSR count). The summed E-state index contributed by atoms with van der Waals surface area (Å²) < 4.78 is 16.7. The minimum atomic E-state index is -0.0150. The molecule has 3 heterocycles. The molecule has 0 unspecified atom stereocenters. The van der Waals surface area contributed by atoms with Gasteiger partial charge in [-0.2, -0.15) is 0 Å². The van der Waals surface area contributed by atoms with E-state index in [-0.39, 0.29) is 11.8 Å². The summed E-state index contributed by atoms with van der Waals surface area (Å²) in [6.45, 7) is 2.60. The summed E-state index contributed by atoms with van der Waals surface area (Å²) in [6.07, 6.45) is 0.846. The Kier molecular flexibility index (Phi) is 4.62. The standard InChI is InChI=1S/C19H21N3O4/c1-24-17-10-13(21-19(23)12-5-6-20-11-12)9-15(22-17)14-3-2-4-16-18(14)26-8-7-25-16/h2-4,9-10,12,20H,5-8,11H2,1H3,(H,21,22,23)/t12-/m1/s1. The summed E-state index contributed by atoms with van der Waals surface area (Å²) in [5.41, 5.74) is 2.11. The van der Waals surface area contributed by atoms with Crippen LogP contribution in [0.25, 0.3) is 11.3 Å². The summed E-state index contributed by atoms with van der Waals surface area (Å²) in [6, 6.07) is 9.23. The van der Waals surface area contributed by atoms with E-state index in [1.807, 2.05) is 24.3 Å². The van der Waals surface area contributed by atoms with Crippen molar-refractivity contribution in [2.75, 3.05) is 38.7 Å². The number of carbonyl (C=O) groups excluding carboxylic acids is 1. The molecule has 2 aliphatic heterocycles. The van der Waals surface area contributed by atoms with Crippen molar-refractivity contribution in [3.63, 3.8) is 0 Å². The molecule has 0 spiro atoms. The Morgan fingerprint density at radius 2 is 2.19 bits per heavy atom. The number of ether oxygens (including phenoxy) is 3. The summed E-state index contributed by atoms with van der Waals surface area (Å²) >= 11 is 0. The van der Waals surface area contributed by atoms with Crippen LogP contribution in [0.4, 0.5) is 5.69 Å². The molecule has 136 valence electrons. The van der Waals surface area contributed by atoms with E-state index in [2.05, 4.69) is 15.6 Å². The van der Waals surface area contributed by atoms with Crippen LogP contribution in [0.1, 0.15) is 6.42 Å². The van der Waals surface area contributed by atoms with Crippen molar-refractivity contribution in [2.24, 2.45) is 5.92 Å². The third-order valence-electron chi connectivity index (χ3n) is 4.55. The average Bonchev–Trinajstić information content (AvgIpc) is 3.22. The van der Waals surface area contributed by atoms with Crippen LogP contribution in [0.3, 0.4) is 0 Å². The lowest BCUT2D eigenvalue weighted by atomic mass is 10.1. The van der Waals surface area contributed by atoms with Crippen LogP contribution in [0.5, 0.6) is 17.4 Å². The number of para-hydroxylation sites is 1. The highest BCUT2D eigenvalue weighted by Crippen LogP contribution is 2.40. The lowest BCUT2D eigenvalue weighted by Gasteiger charge is -2.21. The number of pyridine rings is 1. The zero-order valence-corrected chi connectivity index (χ0v) is 14.6. The number of hydrogen-bond acceptors (Lipinski definition) is 6. The molecule has 1 fully saturated rings. The Balaban J connectivity index is 1.67. The van der Waals surface area contributed by atoms with Crippen molar-refractivity contribution in [1.82, 2.24) is 10.3 Å². The quantitative estimate of drug-likeness (QED) is 0.874. The molecule has 1 saturated heterocycles. The third kappa shape index (κ3) is 3.30. The van der Waals surface area contributed by atoms with Crippen LogP contribution >= 0.6 is 0 Å². The molecule has 0 bridgehead atoms. The highest BCUT2D eigenvalue weighted by molar-refractivity contribution is 5.93. The van der Waals surface area contributed by atoms with E-state index in [0.29, 0.717) is 48.5 Å². The fraction of sp³-hybridized carbons (Fsp3) is 0.368. The second-order valence-corrected chi connectivity index (χ2v) is 6.29. The van der Waals surface area contributed by atoms with Crippen molar-refractivity contribution in [3.05, 3.63) is 30.3 Å². The van der Waals surface area contributed by atoms with Gasteiger partial charge in [-0.25, -0.2) is 4.98 Å². The lowest BCUT2D eigenvalue weighted by molar-refractivity contribution is -0.119. The molecule has 1 aromatic heterocycles. The van der Waals surface area contributed by atoms with Gasteiger partial charge in [0.05, 0.1) is 18.7 Å². The van der Waals surface area contributed by atoms with Gasteiger partial charge in [0.2, 0.25) is 11.8 Å². The van der Waals surface area contributed by atoms with Crippen LogP contribution in [0.15, 0.2) is 30.3 Å². The van der Waals surface area contributed by atoms with Gasteiger partial charge in [0.1, 0.15) is 13.2 Å². The van der Waals surface area contributed by atoms with Gasteiger partial charge < -0.3 is 24.8 Å². The molecule has 2 N–H and O–H groups in total. The smallest absolute Gasteiger partial charge is 0.228 e. The SMILES string of the molecule is COc1cc(NC(=O)[C@@H]2CCNC2)cc(-c2cccc3c2OCCO3)n1. The fourth-order valence-corrected chi connectivity index (χ4v) is 3.22. The maximum Gasteiger partial charge on any atom is 0.228 e. The first-order valence-corrected chi connectivity index (χ1v) is 8.71. The molecule has 7 nitrogen and oxygen atoms in total. The van der Waals surface area contributed by atoms with Gasteiger partial charge in [0.15, 0.2) is 11.5 Å². The average molecular weight is 355 g/mol. The minimum absolute atomic E-state index is 0.00359. The number of rotatable bonds is 4. The van der Waals surface area contributed by atoms with Gasteiger partial charge in [-0.3, -0.25) is 4.79 Å². The Morgan fingerprint density at radius 1 is 1.31 bits per heavy atom. The molecule has 0 saturated carbocycles. The van der Waals surface area contributed by atoms with Gasteiger partial charge in [0.25, 0.3) is 0 Å². The molecular formula is C19H21N3O4. The van der Waals surface area contributed by atoms with Crippen LogP contribution in [-0.2, 0) is 4.79 Å². The first kappa shape index (κ1) is 16.7. The fourth-order valence-electron chi connectivity index (χ4n) is 3.22. The van der Waals surface area contributed by atoms with Gasteiger partial charge in [0, 0.05) is 23.9 Å². The molecule has 0 aliphatic carbocycles. The van der Waals surface area contributed by atoms with Crippen molar-refractivity contribution < 1.29 is 19.0 Å². The predicted molar refractivity (Wildman–Crippen MR) is 96.8 cm³/mol. The number of hydrogen-bond donors (Lipinski definition) is 2. The Hall–Kier alpha value is -2.80. The van der Waals surface area contributed by atoms with E-state index in [4.69, 9.17) is 14.2 Å². The zero-order valence-electron chi connectivity index (χ0n) is 14.6. The van der Waals surface area contributed by atoms with Crippen molar-refractivity contribution in [3.8, 4) is 28.6 Å². The molecule has 7 heteroatoms. The maximum absolute atomic E-state index is 12.4. The van der Waals surface area contributed by atoms with Gasteiger partial charge in [-0.05, 0) is 31.2 Å². The topological polar surface area (TPSA) is 81.7 Å². The van der Waals surface area contributed by atoms with E-state index in [0.717, 1.165) is 18.5 Å². The number of nitrogens with zero attached hydrogens (tertiary/aromatic N) is 1. The first-order chi connectivity index (χ1) is 12.7. The Bertz CT molecular complexity index is 818. The van der Waals surface area contributed by atoms with E-state index < -0.39 is 0 Å². The number of methoxy groups -OCH3 is 1. The van der Waals surface area contributed by atoms with Crippen molar-refractivity contribution in [1.29, 1.82) is 0 Å². The molecule has 1 amide bonds. The van der Waals surface area contributed by atoms with Gasteiger partial charge >= 0.3 is 0 Å². The largest absolute Gasteiger partial charge is 0.486 e. The summed E-state index contributed by atoms with van der Waals surface area (Å²) in [7, 11) is 1.55. The normalized spacial score (nSPS) is 18.4. The molecule has 1 atom stereocenters. The van der Waals surface area contributed by atoms with Crippen LogP contribution in [0.2, 0.25) is 0 Å². The number of anilines is 1. The maximum atomic E-state index is 12.4. The minimum Gasteiger partial charge on any atom is -0.486 e. The molecule has 26 heavy (non-hydrogen) atoms. The van der Waals surface area contributed by atoms with Crippen LogP contribution in [0, 0.1) is 5.92 Å². The number of nitrogens with one attached hydrogen (secondary N) is 2. The number of amides is 1. The van der Waals surface area contributed by atoms with E-state index in [1.54, 1.807) is 13.2 Å². The number of carbonyl (C=O) groups is 1. The zero-order chi connectivity index (χ0) is 17.9. The van der Waals surface area contributed by atoms with Gasteiger partial charge in [-0.1, -0.05) is 6.07 Å². The van der Waals surface area contributed by atoms with E-state index in [1.165, 1.54) is 0 Å². The van der Waals surface area contributed by atoms with Crippen LogP contribution < -0.4 is 24.8 Å². The van der Waals surface area contributed by atoms with Crippen molar-refractivity contribution in [2.45, 2.75) is 6.42 Å². The summed E-state index contributed by atoms with van der Waals surface area (Å²) in [5.74, 6) is 1.78. The van der Waals surface area contributed by atoms with E-state index in [9.17, 15) is 4.79 Å². The highest BCUT2D eigenvalue weighted by Gasteiger charge is 2.23. The molecule has 0 radical (unpaired) electrons. The van der Waals surface area contributed by atoms with E-state index >= 15 is 0 Å². The molecule has 2 aliphatic rings. The highest BCUT2D eigenvalue weighted by atomic mass is 16.6. The number of fused-ring (bicyclic) bond motifs is 1. The van der Waals surface area contributed by atoms with Crippen LogP contribution in [-0.4, -0.2) is 44.3 Å². The molecular weight excluding hydrogens is 334 g/mol. The number of aromatic nitrogens is 1. The van der Waals surface area contributed by atoms with Crippen molar-refractivity contribution >= 4 is 11.6 Å². The third-order valence-corrected chi connectivity index (χ3v) is 4.55. The first-order valence-electron chi connectivity index (χ1n) is 8.71. The van der Waals surface area contributed by atoms with Gasteiger partial charge in [-0.15, -0.1) is 0 Å².